The molecule has 0 heterocycles. The lowest BCUT2D eigenvalue weighted by Gasteiger charge is -2.12. The first kappa shape index (κ1) is 14.4. The van der Waals surface area contributed by atoms with Crippen molar-refractivity contribution in [2.24, 2.45) is 0 Å². The molecule has 0 aliphatic rings. The Morgan fingerprint density at radius 1 is 0.909 bits per heavy atom. The molecule has 4 nitrogen and oxygen atoms in total. The number of benzene rings is 3. The van der Waals surface area contributed by atoms with Gasteiger partial charge in [-0.1, -0.05) is 36.4 Å². The van der Waals surface area contributed by atoms with Crippen LogP contribution >= 0.6 is 0 Å². The minimum absolute atomic E-state index is 0.221. The molecule has 0 aliphatic heterocycles. The van der Waals surface area contributed by atoms with Gasteiger partial charge in [-0.25, -0.2) is 8.42 Å². The molecule has 3 rings (SSSR count). The van der Waals surface area contributed by atoms with Gasteiger partial charge in [-0.2, -0.15) is 0 Å². The fraction of sp³-hybridized carbons (Fsp3) is 0.0588. The number of sulfonamides is 1. The average molecular weight is 312 g/mol. The second kappa shape index (κ2) is 5.35. The molecule has 3 aromatic carbocycles. The largest absolute Gasteiger partial charge is 0.398 e. The third kappa shape index (κ3) is 2.63. The van der Waals surface area contributed by atoms with Crippen molar-refractivity contribution < 1.29 is 8.42 Å². The van der Waals surface area contributed by atoms with Gasteiger partial charge in [0.1, 0.15) is 0 Å². The molecule has 0 aliphatic carbocycles. The monoisotopic (exact) mass is 312 g/mol. The average Bonchev–Trinajstić information content (AvgIpc) is 2.46. The molecular weight excluding hydrogens is 296 g/mol. The van der Waals surface area contributed by atoms with Gasteiger partial charge in [0.05, 0.1) is 4.90 Å². The standard InChI is InChI=1S/C17H16N2O2S/c1-12-5-2-6-13(11-12)19-22(20,21)17-10-4-7-14-15(17)8-3-9-16(14)18/h2-11,19H,18H2,1H3. The van der Waals surface area contributed by atoms with Gasteiger partial charge < -0.3 is 5.73 Å². The summed E-state index contributed by atoms with van der Waals surface area (Å²) in [6, 6.07) is 17.6. The molecule has 5 heteroatoms. The SMILES string of the molecule is Cc1cccc(NS(=O)(=O)c2cccc3c(N)cccc23)c1. The molecule has 0 amide bonds. The van der Waals surface area contributed by atoms with Crippen LogP contribution in [0.3, 0.4) is 0 Å². The van der Waals surface area contributed by atoms with Crippen LogP contribution in [-0.4, -0.2) is 8.42 Å². The van der Waals surface area contributed by atoms with E-state index in [1.54, 1.807) is 42.5 Å². The number of nitrogen functional groups attached to an aromatic ring is 1. The van der Waals surface area contributed by atoms with E-state index in [1.165, 1.54) is 0 Å². The Morgan fingerprint density at radius 3 is 2.36 bits per heavy atom. The predicted molar refractivity (Wildman–Crippen MR) is 90.3 cm³/mol. The van der Waals surface area contributed by atoms with Crippen LogP contribution in [-0.2, 0) is 10.0 Å². The van der Waals surface area contributed by atoms with Gasteiger partial charge in [0.25, 0.3) is 10.0 Å². The second-order valence-electron chi connectivity index (χ2n) is 5.17. The molecular formula is C17H16N2O2S. The van der Waals surface area contributed by atoms with Gasteiger partial charge in [0.15, 0.2) is 0 Å². The second-order valence-corrected chi connectivity index (χ2v) is 6.82. The number of hydrogen-bond donors (Lipinski definition) is 2. The van der Waals surface area contributed by atoms with Crippen molar-refractivity contribution in [1.82, 2.24) is 0 Å². The molecule has 112 valence electrons. The predicted octanol–water partition coefficient (Wildman–Crippen LogP) is 3.53. The quantitative estimate of drug-likeness (QED) is 0.727. The van der Waals surface area contributed by atoms with E-state index in [1.807, 2.05) is 25.1 Å². The Kier molecular flexibility index (Phi) is 3.50. The van der Waals surface area contributed by atoms with Crippen LogP contribution in [0.25, 0.3) is 10.8 Å². The Morgan fingerprint density at radius 2 is 1.59 bits per heavy atom. The van der Waals surface area contributed by atoms with Crippen LogP contribution in [0.2, 0.25) is 0 Å². The molecule has 3 N–H and O–H groups in total. The lowest BCUT2D eigenvalue weighted by Crippen LogP contribution is -2.13. The van der Waals surface area contributed by atoms with Crippen LogP contribution in [0.5, 0.6) is 0 Å². The Hall–Kier alpha value is -2.53. The van der Waals surface area contributed by atoms with Gasteiger partial charge in [-0.05, 0) is 36.8 Å². The molecule has 0 unspecified atom stereocenters. The minimum Gasteiger partial charge on any atom is -0.398 e. The van der Waals surface area contributed by atoms with E-state index in [-0.39, 0.29) is 4.90 Å². The molecule has 0 saturated heterocycles. The highest BCUT2D eigenvalue weighted by atomic mass is 32.2. The maximum absolute atomic E-state index is 12.7. The fourth-order valence-electron chi connectivity index (χ4n) is 2.46. The van der Waals surface area contributed by atoms with Gasteiger partial charge in [-0.15, -0.1) is 0 Å². The summed E-state index contributed by atoms with van der Waals surface area (Å²) in [5, 5.41) is 1.34. The number of rotatable bonds is 3. The summed E-state index contributed by atoms with van der Waals surface area (Å²) in [4.78, 5) is 0.221. The number of nitrogens with two attached hydrogens (primary N) is 1. The van der Waals surface area contributed by atoms with E-state index in [4.69, 9.17) is 5.73 Å². The molecule has 0 bridgehead atoms. The zero-order valence-corrected chi connectivity index (χ0v) is 12.9. The van der Waals surface area contributed by atoms with Gasteiger partial charge in [0, 0.05) is 22.1 Å². The van der Waals surface area contributed by atoms with E-state index in [2.05, 4.69) is 4.72 Å². The van der Waals surface area contributed by atoms with E-state index in [0.717, 1.165) is 10.9 Å². The lowest BCUT2D eigenvalue weighted by molar-refractivity contribution is 0.602. The summed E-state index contributed by atoms with van der Waals surface area (Å²) in [5.41, 5.74) is 8.02. The maximum atomic E-state index is 12.7. The highest BCUT2D eigenvalue weighted by Gasteiger charge is 2.17. The topological polar surface area (TPSA) is 72.2 Å². The number of fused-ring (bicyclic) bond motifs is 1. The summed E-state index contributed by atoms with van der Waals surface area (Å²) >= 11 is 0. The molecule has 0 aromatic heterocycles. The van der Waals surface area contributed by atoms with Crippen molar-refractivity contribution in [2.45, 2.75) is 11.8 Å². The first-order valence-corrected chi connectivity index (χ1v) is 8.32. The number of anilines is 2. The van der Waals surface area contributed by atoms with Crippen LogP contribution in [0.1, 0.15) is 5.56 Å². The fourth-order valence-corrected chi connectivity index (χ4v) is 3.73. The maximum Gasteiger partial charge on any atom is 0.262 e. The summed E-state index contributed by atoms with van der Waals surface area (Å²) in [6.07, 6.45) is 0. The van der Waals surface area contributed by atoms with E-state index < -0.39 is 10.0 Å². The van der Waals surface area contributed by atoms with Crippen molar-refractivity contribution in [3.63, 3.8) is 0 Å². The Bertz CT molecular complexity index is 950. The van der Waals surface area contributed by atoms with Crippen molar-refractivity contribution in [2.75, 3.05) is 10.5 Å². The lowest BCUT2D eigenvalue weighted by atomic mass is 10.1. The molecule has 22 heavy (non-hydrogen) atoms. The van der Waals surface area contributed by atoms with Crippen LogP contribution in [0.4, 0.5) is 11.4 Å². The first-order chi connectivity index (χ1) is 10.5. The highest BCUT2D eigenvalue weighted by molar-refractivity contribution is 7.93. The molecule has 0 radical (unpaired) electrons. The van der Waals surface area contributed by atoms with E-state index in [9.17, 15) is 8.42 Å². The smallest absolute Gasteiger partial charge is 0.262 e. The number of nitrogens with one attached hydrogen (secondary N) is 1. The Labute approximate surface area is 129 Å². The molecule has 0 atom stereocenters. The van der Waals surface area contributed by atoms with Gasteiger partial charge >= 0.3 is 0 Å². The van der Waals surface area contributed by atoms with Gasteiger partial charge in [-0.3, -0.25) is 4.72 Å². The number of hydrogen-bond acceptors (Lipinski definition) is 3. The van der Waals surface area contributed by atoms with Crippen LogP contribution in [0, 0.1) is 6.92 Å². The van der Waals surface area contributed by atoms with Crippen molar-refractivity contribution in [3.8, 4) is 0 Å². The third-order valence-corrected chi connectivity index (χ3v) is 4.92. The summed E-state index contributed by atoms with van der Waals surface area (Å²) in [7, 11) is -3.68. The minimum atomic E-state index is -3.68. The van der Waals surface area contributed by atoms with Crippen molar-refractivity contribution in [3.05, 3.63) is 66.2 Å². The molecule has 0 spiro atoms. The van der Waals surface area contributed by atoms with Gasteiger partial charge in [0.2, 0.25) is 0 Å². The molecule has 0 saturated carbocycles. The summed E-state index contributed by atoms with van der Waals surface area (Å²) in [5.74, 6) is 0. The van der Waals surface area contributed by atoms with Crippen LogP contribution in [0.15, 0.2) is 65.6 Å². The van der Waals surface area contributed by atoms with E-state index in [0.29, 0.717) is 16.8 Å². The van der Waals surface area contributed by atoms with Crippen LogP contribution < -0.4 is 10.5 Å². The normalized spacial score (nSPS) is 11.5. The first-order valence-electron chi connectivity index (χ1n) is 6.84. The molecule has 0 fully saturated rings. The Balaban J connectivity index is 2.12. The van der Waals surface area contributed by atoms with E-state index >= 15 is 0 Å². The van der Waals surface area contributed by atoms with Crippen molar-refractivity contribution in [1.29, 1.82) is 0 Å². The van der Waals surface area contributed by atoms with Crippen molar-refractivity contribution >= 4 is 32.2 Å². The number of aryl methyl sites for hydroxylation is 1. The summed E-state index contributed by atoms with van der Waals surface area (Å²) in [6.45, 7) is 1.91. The highest BCUT2D eigenvalue weighted by Crippen LogP contribution is 2.28. The third-order valence-electron chi connectivity index (χ3n) is 3.48. The summed E-state index contributed by atoms with van der Waals surface area (Å²) < 4.78 is 28.0. The molecule has 3 aromatic rings. The zero-order valence-electron chi connectivity index (χ0n) is 12.1. The zero-order chi connectivity index (χ0) is 15.7.